The third kappa shape index (κ3) is 2.61. The van der Waals surface area contributed by atoms with Crippen molar-refractivity contribution in [1.82, 2.24) is 0 Å². The van der Waals surface area contributed by atoms with Crippen LogP contribution < -0.4 is 10.5 Å². The van der Waals surface area contributed by atoms with Gasteiger partial charge in [0.25, 0.3) is 0 Å². The maximum atomic E-state index is 6.34. The summed E-state index contributed by atoms with van der Waals surface area (Å²) in [6.07, 6.45) is 0.996. The average Bonchev–Trinajstić information content (AvgIpc) is 2.78. The fraction of sp³-hybridized carbons (Fsp3) is 0.571. The molecule has 1 aromatic rings. The zero-order valence-corrected chi connectivity index (χ0v) is 10.6. The minimum absolute atomic E-state index is 0.133. The minimum Gasteiger partial charge on any atom is -0.493 e. The normalized spacial score (nSPS) is 21.7. The number of para-hydroxylation sites is 1. The monoisotopic (exact) mass is 235 g/mol. The summed E-state index contributed by atoms with van der Waals surface area (Å²) >= 11 is 0. The molecule has 0 fully saturated rings. The summed E-state index contributed by atoms with van der Waals surface area (Å²) in [5.74, 6) is 1.75. The van der Waals surface area contributed by atoms with Crippen LogP contribution in [-0.2, 0) is 4.74 Å². The van der Waals surface area contributed by atoms with Crippen molar-refractivity contribution in [2.45, 2.75) is 25.3 Å². The molecule has 0 saturated heterocycles. The Morgan fingerprint density at radius 1 is 1.47 bits per heavy atom. The van der Waals surface area contributed by atoms with Crippen LogP contribution in [0.15, 0.2) is 24.3 Å². The molecule has 2 N–H and O–H groups in total. The fourth-order valence-corrected chi connectivity index (χ4v) is 2.40. The van der Waals surface area contributed by atoms with Crippen LogP contribution in [0, 0.1) is 5.92 Å². The van der Waals surface area contributed by atoms with Gasteiger partial charge in [0, 0.05) is 31.2 Å². The van der Waals surface area contributed by atoms with E-state index in [0.717, 1.165) is 18.8 Å². The molecule has 3 nitrogen and oxygen atoms in total. The summed E-state index contributed by atoms with van der Waals surface area (Å²) in [5.41, 5.74) is 7.60. The van der Waals surface area contributed by atoms with Gasteiger partial charge in [-0.15, -0.1) is 0 Å². The van der Waals surface area contributed by atoms with Crippen LogP contribution in [0.2, 0.25) is 0 Å². The summed E-state index contributed by atoms with van der Waals surface area (Å²) in [5, 5.41) is 0. The first-order valence-corrected chi connectivity index (χ1v) is 6.20. The Morgan fingerprint density at radius 2 is 2.24 bits per heavy atom. The molecule has 0 saturated carbocycles. The number of ether oxygens (including phenoxy) is 2. The molecule has 1 heterocycles. The molecule has 0 amide bonds. The lowest BCUT2D eigenvalue weighted by Crippen LogP contribution is -2.36. The lowest BCUT2D eigenvalue weighted by atomic mass is 9.85. The Morgan fingerprint density at radius 3 is 3.00 bits per heavy atom. The van der Waals surface area contributed by atoms with Gasteiger partial charge in [-0.3, -0.25) is 0 Å². The smallest absolute Gasteiger partial charge is 0.122 e. The van der Waals surface area contributed by atoms with Crippen LogP contribution in [-0.4, -0.2) is 26.4 Å². The first-order valence-electron chi connectivity index (χ1n) is 6.20. The molecule has 1 aromatic carbocycles. The van der Waals surface area contributed by atoms with Gasteiger partial charge in [0.1, 0.15) is 5.75 Å². The largest absolute Gasteiger partial charge is 0.493 e. The summed E-state index contributed by atoms with van der Waals surface area (Å²) in [4.78, 5) is 0. The van der Waals surface area contributed by atoms with E-state index in [1.807, 2.05) is 18.2 Å². The van der Waals surface area contributed by atoms with E-state index in [1.54, 1.807) is 7.11 Å². The quantitative estimate of drug-likeness (QED) is 0.850. The zero-order valence-electron chi connectivity index (χ0n) is 10.6. The molecule has 17 heavy (non-hydrogen) atoms. The number of nitrogens with two attached hydrogens (primary N) is 1. The Labute approximate surface area is 103 Å². The van der Waals surface area contributed by atoms with Crippen LogP contribution in [0.4, 0.5) is 0 Å². The minimum atomic E-state index is 0.133. The third-order valence-electron chi connectivity index (χ3n) is 3.64. The molecule has 0 bridgehead atoms. The van der Waals surface area contributed by atoms with E-state index in [9.17, 15) is 0 Å². The zero-order chi connectivity index (χ0) is 12.3. The van der Waals surface area contributed by atoms with E-state index >= 15 is 0 Å². The van der Waals surface area contributed by atoms with Gasteiger partial charge in [0.05, 0.1) is 6.61 Å². The van der Waals surface area contributed by atoms with Crippen LogP contribution in [0.1, 0.15) is 24.8 Å². The van der Waals surface area contributed by atoms with Crippen LogP contribution in [0.3, 0.4) is 0 Å². The van der Waals surface area contributed by atoms with E-state index in [4.69, 9.17) is 15.2 Å². The molecule has 3 unspecified atom stereocenters. The van der Waals surface area contributed by atoms with Gasteiger partial charge in [-0.25, -0.2) is 0 Å². The van der Waals surface area contributed by atoms with Crippen LogP contribution in [0.25, 0.3) is 0 Å². The van der Waals surface area contributed by atoms with E-state index < -0.39 is 0 Å². The second-order valence-electron chi connectivity index (χ2n) is 4.79. The second kappa shape index (κ2) is 5.52. The molecule has 3 atom stereocenters. The molecule has 3 heteroatoms. The van der Waals surface area contributed by atoms with Crippen LogP contribution >= 0.6 is 0 Å². The first kappa shape index (κ1) is 12.4. The van der Waals surface area contributed by atoms with Crippen molar-refractivity contribution in [3.63, 3.8) is 0 Å². The van der Waals surface area contributed by atoms with Crippen molar-refractivity contribution in [2.24, 2.45) is 11.7 Å². The summed E-state index contributed by atoms with van der Waals surface area (Å²) in [6.45, 7) is 3.66. The lowest BCUT2D eigenvalue weighted by molar-refractivity contribution is 0.169. The Kier molecular flexibility index (Phi) is 4.02. The molecule has 94 valence electrons. The number of fused-ring (bicyclic) bond motifs is 1. The molecular weight excluding hydrogens is 214 g/mol. The predicted octanol–water partition coefficient (Wildman–Crippen LogP) is 2.16. The highest BCUT2D eigenvalue weighted by Gasteiger charge is 2.31. The highest BCUT2D eigenvalue weighted by atomic mass is 16.5. The highest BCUT2D eigenvalue weighted by molar-refractivity contribution is 5.40. The lowest BCUT2D eigenvalue weighted by Gasteiger charge is -2.24. The fourth-order valence-electron chi connectivity index (χ4n) is 2.40. The topological polar surface area (TPSA) is 44.5 Å². The van der Waals surface area contributed by atoms with Gasteiger partial charge in [0.15, 0.2) is 0 Å². The summed E-state index contributed by atoms with van der Waals surface area (Å²) < 4.78 is 10.8. The maximum absolute atomic E-state index is 6.34. The number of methoxy groups -OCH3 is 1. The number of hydrogen-bond acceptors (Lipinski definition) is 3. The first-order chi connectivity index (χ1) is 8.24. The van der Waals surface area contributed by atoms with Gasteiger partial charge in [-0.05, 0) is 18.4 Å². The number of rotatable bonds is 5. The predicted molar refractivity (Wildman–Crippen MR) is 68.3 cm³/mol. The van der Waals surface area contributed by atoms with Gasteiger partial charge < -0.3 is 15.2 Å². The average molecular weight is 235 g/mol. The third-order valence-corrected chi connectivity index (χ3v) is 3.64. The van der Waals surface area contributed by atoms with Crippen LogP contribution in [0.5, 0.6) is 5.75 Å². The van der Waals surface area contributed by atoms with Crippen molar-refractivity contribution in [3.8, 4) is 5.75 Å². The summed E-state index contributed by atoms with van der Waals surface area (Å²) in [7, 11) is 1.73. The van der Waals surface area contributed by atoms with E-state index in [0.29, 0.717) is 18.4 Å². The summed E-state index contributed by atoms with van der Waals surface area (Å²) in [6, 6.07) is 8.32. The van der Waals surface area contributed by atoms with Crippen molar-refractivity contribution in [3.05, 3.63) is 29.8 Å². The van der Waals surface area contributed by atoms with Gasteiger partial charge >= 0.3 is 0 Å². The standard InChI is InChI=1S/C14H21NO2/c1-10(7-8-16-2)14(15)12-9-17-13-6-4-3-5-11(12)13/h3-6,10,12,14H,7-9,15H2,1-2H3. The molecular formula is C14H21NO2. The highest BCUT2D eigenvalue weighted by Crippen LogP contribution is 2.37. The molecule has 2 rings (SSSR count). The maximum Gasteiger partial charge on any atom is 0.122 e. The molecule has 0 aromatic heterocycles. The van der Waals surface area contributed by atoms with E-state index in [2.05, 4.69) is 13.0 Å². The molecule has 1 aliphatic rings. The molecule has 1 aliphatic heterocycles. The van der Waals surface area contributed by atoms with Crippen molar-refractivity contribution < 1.29 is 9.47 Å². The molecule has 0 spiro atoms. The molecule has 0 radical (unpaired) electrons. The second-order valence-corrected chi connectivity index (χ2v) is 4.79. The van der Waals surface area contributed by atoms with Gasteiger partial charge in [-0.1, -0.05) is 25.1 Å². The van der Waals surface area contributed by atoms with Crippen molar-refractivity contribution in [2.75, 3.05) is 20.3 Å². The molecule has 0 aliphatic carbocycles. The Hall–Kier alpha value is -1.06. The van der Waals surface area contributed by atoms with Crippen molar-refractivity contribution in [1.29, 1.82) is 0 Å². The Balaban J connectivity index is 2.04. The Bertz CT molecular complexity index is 367. The number of benzene rings is 1. The van der Waals surface area contributed by atoms with Gasteiger partial charge in [0.2, 0.25) is 0 Å². The van der Waals surface area contributed by atoms with E-state index in [-0.39, 0.29) is 6.04 Å². The van der Waals surface area contributed by atoms with E-state index in [1.165, 1.54) is 5.56 Å². The van der Waals surface area contributed by atoms with Gasteiger partial charge in [-0.2, -0.15) is 0 Å². The van der Waals surface area contributed by atoms with Crippen molar-refractivity contribution >= 4 is 0 Å². The SMILES string of the molecule is COCCC(C)C(N)C1COc2ccccc21. The number of hydrogen-bond donors (Lipinski definition) is 1.